The number of carboxylic acids is 6. The zero-order valence-electron chi connectivity index (χ0n) is 42.6. The van der Waals surface area contributed by atoms with Crippen LogP contribution in [0.15, 0.2) is 36.6 Å². The van der Waals surface area contributed by atoms with Gasteiger partial charge in [0.2, 0.25) is 0 Å². The molecule has 0 aromatic carbocycles. The van der Waals surface area contributed by atoms with Crippen LogP contribution in [-0.2, 0) is 38.2 Å². The van der Waals surface area contributed by atoms with E-state index in [1.54, 1.807) is 0 Å². The summed E-state index contributed by atoms with van der Waals surface area (Å²) in [5.74, 6) is -6.76. The van der Waals surface area contributed by atoms with Gasteiger partial charge in [0.1, 0.15) is 0 Å². The third kappa shape index (κ3) is 31.2. The lowest BCUT2D eigenvalue weighted by Gasteiger charge is -2.56. The van der Waals surface area contributed by atoms with Crippen molar-refractivity contribution >= 4 is 35.8 Å². The molecule has 0 aromatic heterocycles. The smallest absolute Gasteiger partial charge is 0.331 e. The molecule has 20 nitrogen and oxygen atoms in total. The lowest BCUT2D eigenvalue weighted by Crippen LogP contribution is -2.66. The number of aliphatic hydroxyl groups is 6. The van der Waals surface area contributed by atoms with Crippen molar-refractivity contribution in [3.8, 4) is 0 Å². The maximum atomic E-state index is 12.1. The number of ether oxygens (including phenoxy) is 2. The Kier molecular flexibility index (Phi) is 41.6. The highest BCUT2D eigenvalue weighted by Crippen LogP contribution is 2.52. The van der Waals surface area contributed by atoms with E-state index in [4.69, 9.17) is 45.2 Å². The van der Waals surface area contributed by atoms with Crippen LogP contribution in [0.4, 0.5) is 0 Å². The van der Waals surface area contributed by atoms with Crippen molar-refractivity contribution in [2.75, 3.05) is 46.2 Å². The molecule has 0 amide bonds. The lowest BCUT2D eigenvalue weighted by molar-refractivity contribution is -0.230. The fraction of sp³-hybridized carbons (Fsp3) is 0.769. The summed E-state index contributed by atoms with van der Waals surface area (Å²) in [5, 5.41) is 113. The van der Waals surface area contributed by atoms with Crippen molar-refractivity contribution in [3.05, 3.63) is 36.6 Å². The van der Waals surface area contributed by atoms with Gasteiger partial charge in [0, 0.05) is 38.0 Å². The number of carboxylic acid groups (broad SMARTS) is 6. The number of aliphatic hydroxyl groups excluding tert-OH is 6. The minimum atomic E-state index is -2.26. The summed E-state index contributed by atoms with van der Waals surface area (Å²) in [6.07, 6.45) is 24.5. The summed E-state index contributed by atoms with van der Waals surface area (Å²) < 4.78 is 13.0. The summed E-state index contributed by atoms with van der Waals surface area (Å²) in [6, 6.07) is 0. The van der Waals surface area contributed by atoms with Crippen molar-refractivity contribution in [2.24, 2.45) is 10.8 Å². The van der Waals surface area contributed by atoms with Crippen molar-refractivity contribution in [2.45, 2.75) is 197 Å². The summed E-state index contributed by atoms with van der Waals surface area (Å²) >= 11 is 0. The molecular formula is C52H90O20. The number of carbonyl (C=O) groups is 6. The molecule has 0 aromatic rings. The van der Waals surface area contributed by atoms with Crippen LogP contribution in [0.3, 0.4) is 0 Å². The van der Waals surface area contributed by atoms with E-state index in [0.29, 0.717) is 69.6 Å². The highest BCUT2D eigenvalue weighted by molar-refractivity contribution is 5.82. The number of aliphatic carboxylic acids is 6. The van der Waals surface area contributed by atoms with Gasteiger partial charge < -0.3 is 70.8 Å². The average Bonchev–Trinajstić information content (AvgIpc) is 3.33. The van der Waals surface area contributed by atoms with Crippen LogP contribution >= 0.6 is 0 Å². The Morgan fingerprint density at radius 2 is 0.653 bits per heavy atom. The maximum Gasteiger partial charge on any atom is 0.331 e. The van der Waals surface area contributed by atoms with E-state index in [0.717, 1.165) is 121 Å². The van der Waals surface area contributed by atoms with Crippen LogP contribution in [0.25, 0.3) is 0 Å². The highest BCUT2D eigenvalue weighted by Gasteiger charge is 2.63. The molecule has 0 unspecified atom stereocenters. The molecule has 0 bridgehead atoms. The fourth-order valence-corrected chi connectivity index (χ4v) is 8.49. The Morgan fingerprint density at radius 1 is 0.361 bits per heavy atom. The fourth-order valence-electron chi connectivity index (χ4n) is 8.49. The molecule has 0 fully saturated rings. The van der Waals surface area contributed by atoms with Crippen LogP contribution in [0.5, 0.6) is 0 Å². The largest absolute Gasteiger partial charge is 0.485 e. The zero-order valence-corrected chi connectivity index (χ0v) is 42.6. The van der Waals surface area contributed by atoms with Gasteiger partial charge in [-0.15, -0.1) is 0 Å². The highest BCUT2D eigenvalue weighted by atomic mass is 16.5. The molecule has 418 valence electrons. The van der Waals surface area contributed by atoms with Crippen LogP contribution in [0.1, 0.15) is 186 Å². The molecule has 12 N–H and O–H groups in total. The minimum Gasteiger partial charge on any atom is -0.485 e. The van der Waals surface area contributed by atoms with E-state index >= 15 is 0 Å². The normalized spacial score (nSPS) is 13.0. The van der Waals surface area contributed by atoms with Gasteiger partial charge in [-0.1, -0.05) is 128 Å². The van der Waals surface area contributed by atoms with E-state index in [1.165, 1.54) is 0 Å². The third-order valence-electron chi connectivity index (χ3n) is 13.0. The zero-order chi connectivity index (χ0) is 54.6. The SMILES string of the molecule is O=C(O)C=COC(C=CC(=O)O)(C=CC(=O)O)C(CO)(CO)C(CCCCCCCCCCC(=O)O)(CCCCCCCCCCC(=O)O)OCCCCCCCCCCC(=O)O.OCC(CO)(CO)CO. The molecule has 0 saturated heterocycles. The molecule has 0 rings (SSSR count). The number of rotatable bonds is 49. The Labute approximate surface area is 425 Å². The number of hydrogen-bond donors (Lipinski definition) is 12. The Morgan fingerprint density at radius 3 is 0.917 bits per heavy atom. The Bertz CT molecular complexity index is 1480. The van der Waals surface area contributed by atoms with Gasteiger partial charge in [-0.2, -0.15) is 0 Å². The van der Waals surface area contributed by atoms with Crippen molar-refractivity contribution in [1.29, 1.82) is 0 Å². The standard InChI is InChI=1S/C47H78O16.C5H12O4/c48-37-45(38-49,47(33-28-42(56)57,34-29-43(58)59)63-36-30-44(60)61)46(31-22-16-10-4-1-7-13-19-25-39(50)51,32-23-17-11-5-2-8-14-20-26-40(52)53)62-35-24-18-12-6-3-9-15-21-27-41(54)55;6-1-5(2-7,3-8)4-9/h28-30,33-34,36,48-49H,1-27,31-32,35,37-38H2,(H,50,51)(H,52,53)(H,54,55)(H,56,57)(H,58,59)(H,60,61);6-9H,1-4H2. The summed E-state index contributed by atoms with van der Waals surface area (Å²) in [5.41, 5.74) is -6.83. The van der Waals surface area contributed by atoms with Gasteiger partial charge in [-0.3, -0.25) is 14.4 Å². The van der Waals surface area contributed by atoms with Gasteiger partial charge in [-0.05, 0) is 50.7 Å². The van der Waals surface area contributed by atoms with Gasteiger partial charge >= 0.3 is 35.8 Å². The third-order valence-corrected chi connectivity index (χ3v) is 13.0. The maximum absolute atomic E-state index is 12.1. The Balaban J connectivity index is 0. The van der Waals surface area contributed by atoms with Gasteiger partial charge in [0.05, 0.1) is 68.4 Å². The quantitative estimate of drug-likeness (QED) is 0.0168. The van der Waals surface area contributed by atoms with Crippen LogP contribution in [-0.4, -0.2) is 155 Å². The van der Waals surface area contributed by atoms with E-state index in [2.05, 4.69) is 0 Å². The Hall–Kier alpha value is -4.44. The molecule has 0 spiro atoms. The van der Waals surface area contributed by atoms with E-state index in [9.17, 15) is 54.3 Å². The first-order valence-corrected chi connectivity index (χ1v) is 25.7. The number of unbranched alkanes of at least 4 members (excludes halogenated alkanes) is 21. The monoisotopic (exact) mass is 1030 g/mol. The second-order valence-corrected chi connectivity index (χ2v) is 18.7. The van der Waals surface area contributed by atoms with Crippen LogP contribution in [0, 0.1) is 10.8 Å². The lowest BCUT2D eigenvalue weighted by atomic mass is 9.58. The first-order valence-electron chi connectivity index (χ1n) is 25.7. The van der Waals surface area contributed by atoms with Crippen molar-refractivity contribution in [3.63, 3.8) is 0 Å². The van der Waals surface area contributed by atoms with Gasteiger partial charge in [0.15, 0.2) is 5.60 Å². The molecule has 0 atom stereocenters. The van der Waals surface area contributed by atoms with Crippen molar-refractivity contribution in [1.82, 2.24) is 0 Å². The van der Waals surface area contributed by atoms with Crippen molar-refractivity contribution < 1.29 is 99.5 Å². The summed E-state index contributed by atoms with van der Waals surface area (Å²) in [6.45, 7) is -3.22. The predicted octanol–water partition coefficient (Wildman–Crippen LogP) is 6.86. The number of hydrogen-bond acceptors (Lipinski definition) is 14. The average molecular weight is 1040 g/mol. The first kappa shape index (κ1) is 69.6. The van der Waals surface area contributed by atoms with Crippen LogP contribution in [0.2, 0.25) is 0 Å². The molecule has 0 radical (unpaired) electrons. The topological polar surface area (TPSA) is 364 Å². The van der Waals surface area contributed by atoms with E-state index < -0.39 is 97.5 Å². The second kappa shape index (κ2) is 43.0. The molecule has 0 aliphatic heterocycles. The van der Waals surface area contributed by atoms with Crippen LogP contribution < -0.4 is 0 Å². The van der Waals surface area contributed by atoms with E-state index in [1.807, 2.05) is 0 Å². The molecular weight excluding hydrogens is 945 g/mol. The first-order chi connectivity index (χ1) is 34.4. The van der Waals surface area contributed by atoms with Gasteiger partial charge in [0.25, 0.3) is 0 Å². The molecule has 0 heterocycles. The minimum absolute atomic E-state index is 0.130. The molecule has 0 aliphatic carbocycles. The second-order valence-electron chi connectivity index (χ2n) is 18.7. The summed E-state index contributed by atoms with van der Waals surface area (Å²) in [7, 11) is 0. The molecule has 0 aliphatic rings. The van der Waals surface area contributed by atoms with E-state index in [-0.39, 0.29) is 38.7 Å². The molecule has 20 heteroatoms. The van der Waals surface area contributed by atoms with Gasteiger partial charge in [-0.25, -0.2) is 14.4 Å². The predicted molar refractivity (Wildman–Crippen MR) is 267 cm³/mol. The molecule has 0 saturated carbocycles. The summed E-state index contributed by atoms with van der Waals surface area (Å²) in [4.78, 5) is 68.3. The molecule has 72 heavy (non-hydrogen) atoms.